The second-order valence-electron chi connectivity index (χ2n) is 4.97. The first-order valence-corrected chi connectivity index (χ1v) is 7.50. The van der Waals surface area contributed by atoms with E-state index in [0.29, 0.717) is 6.54 Å². The molecule has 0 radical (unpaired) electrons. The highest BCUT2D eigenvalue weighted by atomic mass is 79.9. The Morgan fingerprint density at radius 3 is 2.52 bits per heavy atom. The van der Waals surface area contributed by atoms with Crippen LogP contribution in [-0.2, 0) is 6.54 Å². The lowest BCUT2D eigenvalue weighted by Crippen LogP contribution is -2.18. The molecule has 1 N–H and O–H groups in total. The lowest BCUT2D eigenvalue weighted by Gasteiger charge is -2.15. The Hall–Kier alpha value is -1.72. The van der Waals surface area contributed by atoms with Crippen LogP contribution in [0.15, 0.2) is 46.9 Å². The minimum atomic E-state index is -0.336. The summed E-state index contributed by atoms with van der Waals surface area (Å²) in [6.45, 7) is 4.47. The van der Waals surface area contributed by atoms with Crippen LogP contribution < -0.4 is 5.32 Å². The van der Waals surface area contributed by atoms with Gasteiger partial charge in [-0.3, -0.25) is 10.1 Å². The van der Waals surface area contributed by atoms with Crippen LogP contribution in [0.25, 0.3) is 0 Å². The average Bonchev–Trinajstić information content (AvgIpc) is 2.46. The Kier molecular flexibility index (Phi) is 5.09. The van der Waals surface area contributed by atoms with Crippen LogP contribution in [0.4, 0.5) is 5.69 Å². The van der Waals surface area contributed by atoms with Gasteiger partial charge in [0.2, 0.25) is 0 Å². The number of nitrogens with one attached hydrogen (secondary N) is 1. The third kappa shape index (κ3) is 3.89. The normalized spacial score (nSPS) is 12.1. The molecule has 0 saturated heterocycles. The number of hydrogen-bond acceptors (Lipinski definition) is 3. The van der Waals surface area contributed by atoms with Crippen LogP contribution >= 0.6 is 15.9 Å². The summed E-state index contributed by atoms with van der Waals surface area (Å²) < 4.78 is 1.05. The summed E-state index contributed by atoms with van der Waals surface area (Å²) in [4.78, 5) is 10.6. The molecule has 2 aromatic rings. The van der Waals surface area contributed by atoms with Crippen molar-refractivity contribution in [3.8, 4) is 0 Å². The van der Waals surface area contributed by atoms with Gasteiger partial charge in [-0.2, -0.15) is 0 Å². The predicted molar refractivity (Wildman–Crippen MR) is 87.2 cm³/mol. The topological polar surface area (TPSA) is 55.2 Å². The summed E-state index contributed by atoms with van der Waals surface area (Å²) in [5, 5.41) is 14.3. The van der Waals surface area contributed by atoms with E-state index in [4.69, 9.17) is 0 Å². The molecule has 0 spiro atoms. The van der Waals surface area contributed by atoms with Gasteiger partial charge in [0.1, 0.15) is 0 Å². The third-order valence-electron chi connectivity index (χ3n) is 3.58. The molecule has 4 nitrogen and oxygen atoms in total. The van der Waals surface area contributed by atoms with E-state index in [1.54, 1.807) is 13.0 Å². The van der Waals surface area contributed by atoms with E-state index in [1.165, 1.54) is 11.6 Å². The first-order chi connectivity index (χ1) is 9.99. The van der Waals surface area contributed by atoms with Crippen LogP contribution in [-0.4, -0.2) is 4.92 Å². The van der Waals surface area contributed by atoms with Crippen LogP contribution in [0.3, 0.4) is 0 Å². The monoisotopic (exact) mass is 348 g/mol. The van der Waals surface area contributed by atoms with Gasteiger partial charge in [0.25, 0.3) is 5.69 Å². The third-order valence-corrected chi connectivity index (χ3v) is 4.11. The molecule has 0 aromatic heterocycles. The quantitative estimate of drug-likeness (QED) is 0.638. The van der Waals surface area contributed by atoms with Crippen molar-refractivity contribution in [2.24, 2.45) is 0 Å². The fraction of sp³-hybridized carbons (Fsp3) is 0.250. The maximum atomic E-state index is 10.9. The molecule has 5 heteroatoms. The fourth-order valence-electron chi connectivity index (χ4n) is 2.19. The predicted octanol–water partition coefficient (Wildman–Crippen LogP) is 4.52. The van der Waals surface area contributed by atoms with Crippen molar-refractivity contribution < 1.29 is 4.92 Å². The molecule has 0 saturated carbocycles. The Labute approximate surface area is 132 Å². The van der Waals surface area contributed by atoms with Gasteiger partial charge < -0.3 is 5.32 Å². The summed E-state index contributed by atoms with van der Waals surface area (Å²) in [5.74, 6) is 0. The summed E-state index contributed by atoms with van der Waals surface area (Å²) in [6, 6.07) is 13.5. The molecule has 2 aromatic carbocycles. The van der Waals surface area contributed by atoms with E-state index < -0.39 is 0 Å². The number of nitrogens with zero attached hydrogens (tertiary/aromatic N) is 1. The molecule has 110 valence electrons. The van der Waals surface area contributed by atoms with Crippen molar-refractivity contribution in [1.82, 2.24) is 5.32 Å². The molecule has 0 aliphatic rings. The maximum absolute atomic E-state index is 10.9. The van der Waals surface area contributed by atoms with Crippen molar-refractivity contribution in [2.45, 2.75) is 26.4 Å². The lowest BCUT2D eigenvalue weighted by atomic mass is 10.1. The second kappa shape index (κ2) is 6.83. The van der Waals surface area contributed by atoms with Gasteiger partial charge in [0.05, 0.1) is 4.92 Å². The van der Waals surface area contributed by atoms with E-state index in [1.807, 2.05) is 18.2 Å². The van der Waals surface area contributed by atoms with Gasteiger partial charge in [-0.15, -0.1) is 0 Å². The molecular formula is C16H17BrN2O2. The molecule has 2 rings (SSSR count). The van der Waals surface area contributed by atoms with E-state index in [0.717, 1.165) is 15.6 Å². The zero-order valence-electron chi connectivity index (χ0n) is 12.0. The summed E-state index contributed by atoms with van der Waals surface area (Å²) in [6.07, 6.45) is 0. The van der Waals surface area contributed by atoms with Crippen molar-refractivity contribution in [1.29, 1.82) is 0 Å². The highest BCUT2D eigenvalue weighted by Crippen LogP contribution is 2.22. The maximum Gasteiger partial charge on any atom is 0.272 e. The van der Waals surface area contributed by atoms with Crippen LogP contribution in [0, 0.1) is 17.0 Å². The van der Waals surface area contributed by atoms with E-state index in [9.17, 15) is 10.1 Å². The first kappa shape index (κ1) is 15.7. The van der Waals surface area contributed by atoms with Gasteiger partial charge >= 0.3 is 0 Å². The Bertz CT molecular complexity index is 641. The molecule has 0 aliphatic heterocycles. The number of nitro groups is 1. The van der Waals surface area contributed by atoms with Gasteiger partial charge in [-0.05, 0) is 37.1 Å². The number of nitro benzene ring substituents is 1. The van der Waals surface area contributed by atoms with Gasteiger partial charge in [-0.25, -0.2) is 0 Å². The minimum Gasteiger partial charge on any atom is -0.306 e. The molecule has 21 heavy (non-hydrogen) atoms. The number of rotatable bonds is 5. The molecule has 0 amide bonds. The van der Waals surface area contributed by atoms with Crippen molar-refractivity contribution in [3.63, 3.8) is 0 Å². The van der Waals surface area contributed by atoms with Crippen LogP contribution in [0.1, 0.15) is 29.7 Å². The zero-order chi connectivity index (χ0) is 15.4. The van der Waals surface area contributed by atoms with Gasteiger partial charge in [0.15, 0.2) is 0 Å². The van der Waals surface area contributed by atoms with Crippen molar-refractivity contribution >= 4 is 21.6 Å². The zero-order valence-corrected chi connectivity index (χ0v) is 13.6. The Morgan fingerprint density at radius 1 is 1.24 bits per heavy atom. The highest BCUT2D eigenvalue weighted by molar-refractivity contribution is 9.10. The smallest absolute Gasteiger partial charge is 0.272 e. The fourth-order valence-corrected chi connectivity index (χ4v) is 2.46. The van der Waals surface area contributed by atoms with Gasteiger partial charge in [0, 0.05) is 28.7 Å². The first-order valence-electron chi connectivity index (χ1n) is 6.70. The molecular weight excluding hydrogens is 332 g/mol. The number of hydrogen-bond donors (Lipinski definition) is 1. The van der Waals surface area contributed by atoms with Crippen LogP contribution in [0.5, 0.6) is 0 Å². The average molecular weight is 349 g/mol. The SMILES string of the molecule is Cc1c(CN[C@@H](C)c2ccc(Br)cc2)cccc1[N+](=O)[O-]. The highest BCUT2D eigenvalue weighted by Gasteiger charge is 2.13. The van der Waals surface area contributed by atoms with E-state index >= 15 is 0 Å². The lowest BCUT2D eigenvalue weighted by molar-refractivity contribution is -0.385. The van der Waals surface area contributed by atoms with E-state index in [-0.39, 0.29) is 16.7 Å². The van der Waals surface area contributed by atoms with Crippen LogP contribution in [0.2, 0.25) is 0 Å². The summed E-state index contributed by atoms with van der Waals surface area (Å²) in [5.41, 5.74) is 3.03. The molecule has 0 unspecified atom stereocenters. The van der Waals surface area contributed by atoms with E-state index in [2.05, 4.69) is 40.3 Å². The molecule has 0 fully saturated rings. The molecule has 1 atom stereocenters. The summed E-state index contributed by atoms with van der Waals surface area (Å²) in [7, 11) is 0. The Balaban J connectivity index is 2.08. The largest absolute Gasteiger partial charge is 0.306 e. The van der Waals surface area contributed by atoms with Gasteiger partial charge in [-0.1, -0.05) is 40.2 Å². The van der Waals surface area contributed by atoms with Crippen molar-refractivity contribution in [3.05, 3.63) is 73.7 Å². The number of benzene rings is 2. The molecule has 0 bridgehead atoms. The summed E-state index contributed by atoms with van der Waals surface area (Å²) >= 11 is 3.42. The molecule has 0 aliphatic carbocycles. The Morgan fingerprint density at radius 2 is 1.90 bits per heavy atom. The molecule has 0 heterocycles. The van der Waals surface area contributed by atoms with Crippen molar-refractivity contribution in [2.75, 3.05) is 0 Å². The number of halogens is 1. The standard InChI is InChI=1S/C16H17BrN2O2/c1-11-14(4-3-5-16(11)19(20)21)10-18-12(2)13-6-8-15(17)9-7-13/h3-9,12,18H,10H2,1-2H3/t12-/m0/s1. The second-order valence-corrected chi connectivity index (χ2v) is 5.89. The minimum absolute atomic E-state index is 0.172.